The predicted octanol–water partition coefficient (Wildman–Crippen LogP) is 7.31. The Morgan fingerprint density at radius 2 is 2.00 bits per heavy atom. The molecule has 36 heavy (non-hydrogen) atoms. The van der Waals surface area contributed by atoms with Crippen LogP contribution in [0.4, 0.5) is 14.5 Å². The first-order valence-corrected chi connectivity index (χ1v) is 12.2. The van der Waals surface area contributed by atoms with E-state index >= 15 is 0 Å². The van der Waals surface area contributed by atoms with Gasteiger partial charge in [-0.05, 0) is 84.5 Å². The molecule has 1 heterocycles. The van der Waals surface area contributed by atoms with E-state index in [4.69, 9.17) is 0 Å². The Hall–Kier alpha value is -3.68. The van der Waals surface area contributed by atoms with Gasteiger partial charge in [-0.15, -0.1) is 4.91 Å². The van der Waals surface area contributed by atoms with Crippen molar-refractivity contribution in [3.63, 3.8) is 0 Å². The number of hydrogen-bond donors (Lipinski definition) is 1. The number of fused-ring (bicyclic) bond motifs is 1. The Bertz CT molecular complexity index is 1370. The summed E-state index contributed by atoms with van der Waals surface area (Å²) in [7, 11) is 0. The standard InChI is InChI=1S/C28H27F2N3O3/c29-21-7-5-19(24(30)15-21)6-9-23(34)17-28(13-14-28)12-11-18-1-3-20(4-2-18)27-31-25-10-8-22(32-35)16-26(25)33(27)36/h1-4,6,8-10,16,21,36H,5,7,11-15,17H2/b9-6+. The largest absolute Gasteiger partial charge is 0.426 e. The van der Waals surface area contributed by atoms with E-state index in [1.807, 2.05) is 24.3 Å². The van der Waals surface area contributed by atoms with Gasteiger partial charge in [0, 0.05) is 18.4 Å². The van der Waals surface area contributed by atoms with E-state index in [2.05, 4.69) is 10.2 Å². The minimum atomic E-state index is -1.12. The molecule has 5 rings (SSSR count). The quantitative estimate of drug-likeness (QED) is 0.193. The maximum atomic E-state index is 13.9. The normalized spacial score (nSPS) is 19.2. The monoisotopic (exact) mass is 491 g/mol. The average Bonchev–Trinajstić information content (AvgIpc) is 3.56. The predicted molar refractivity (Wildman–Crippen MR) is 133 cm³/mol. The molecule has 6 nitrogen and oxygen atoms in total. The Morgan fingerprint density at radius 1 is 1.22 bits per heavy atom. The molecule has 0 radical (unpaired) electrons. The molecule has 186 valence electrons. The summed E-state index contributed by atoms with van der Waals surface area (Å²) in [5, 5.41) is 13.4. The van der Waals surface area contributed by atoms with E-state index in [0.29, 0.717) is 41.7 Å². The Morgan fingerprint density at radius 3 is 2.69 bits per heavy atom. The Kier molecular flexibility index (Phi) is 6.51. The highest BCUT2D eigenvalue weighted by molar-refractivity contribution is 5.91. The van der Waals surface area contributed by atoms with Gasteiger partial charge >= 0.3 is 0 Å². The number of nitroso groups, excluding NO2 is 1. The van der Waals surface area contributed by atoms with Gasteiger partial charge in [-0.3, -0.25) is 4.79 Å². The Labute approximate surface area is 207 Å². The van der Waals surface area contributed by atoms with Crippen LogP contribution in [0.15, 0.2) is 71.2 Å². The van der Waals surface area contributed by atoms with Gasteiger partial charge in [0.25, 0.3) is 0 Å². The number of carbonyl (C=O) groups is 1. The number of aromatic nitrogens is 2. The second-order valence-corrected chi connectivity index (χ2v) is 9.96. The van der Waals surface area contributed by atoms with E-state index in [0.717, 1.165) is 41.5 Å². The molecule has 8 heteroatoms. The number of rotatable bonds is 9. The summed E-state index contributed by atoms with van der Waals surface area (Å²) in [6, 6.07) is 12.4. The van der Waals surface area contributed by atoms with Gasteiger partial charge in [-0.25, -0.2) is 13.8 Å². The lowest BCUT2D eigenvalue weighted by atomic mass is 9.90. The van der Waals surface area contributed by atoms with E-state index in [1.165, 1.54) is 18.2 Å². The van der Waals surface area contributed by atoms with Crippen LogP contribution in [0.2, 0.25) is 0 Å². The molecule has 0 amide bonds. The van der Waals surface area contributed by atoms with Crippen LogP contribution in [0.3, 0.4) is 0 Å². The van der Waals surface area contributed by atoms with E-state index < -0.39 is 12.0 Å². The molecule has 2 aliphatic rings. The van der Waals surface area contributed by atoms with Crippen molar-refractivity contribution in [2.24, 2.45) is 10.6 Å². The number of hydrogen-bond acceptors (Lipinski definition) is 5. The number of aryl methyl sites for hydroxylation is 1. The zero-order chi connectivity index (χ0) is 25.3. The number of carbonyl (C=O) groups excluding carboxylic acids is 1. The van der Waals surface area contributed by atoms with Crippen molar-refractivity contribution >= 4 is 22.5 Å². The summed E-state index contributed by atoms with van der Waals surface area (Å²) in [4.78, 5) is 27.7. The van der Waals surface area contributed by atoms with E-state index in [-0.39, 0.29) is 23.3 Å². The number of allylic oxidation sites excluding steroid dienone is 4. The lowest BCUT2D eigenvalue weighted by Gasteiger charge is -2.16. The summed E-state index contributed by atoms with van der Waals surface area (Å²) < 4.78 is 28.1. The van der Waals surface area contributed by atoms with Crippen LogP contribution in [0.5, 0.6) is 0 Å². The second-order valence-electron chi connectivity index (χ2n) is 9.96. The van der Waals surface area contributed by atoms with E-state index in [1.54, 1.807) is 12.1 Å². The molecule has 1 saturated carbocycles. The minimum Gasteiger partial charge on any atom is -0.426 e. The SMILES string of the molecule is O=Nc1ccc2nc(-c3ccc(CCC4(CC(=O)/C=C/C5=C(F)CC(F)CC5)CC4)cc3)n(O)c2c1. The van der Waals surface area contributed by atoms with Crippen LogP contribution in [-0.2, 0) is 11.2 Å². The number of imidazole rings is 1. The zero-order valence-electron chi connectivity index (χ0n) is 19.8. The number of nitrogens with zero attached hydrogens (tertiary/aromatic N) is 3. The molecule has 2 aromatic carbocycles. The molecule has 0 aliphatic heterocycles. The Balaban J connectivity index is 1.19. The smallest absolute Gasteiger partial charge is 0.176 e. The van der Waals surface area contributed by atoms with Crippen molar-refractivity contribution in [3.05, 3.63) is 76.5 Å². The van der Waals surface area contributed by atoms with Crippen molar-refractivity contribution in [3.8, 4) is 11.4 Å². The van der Waals surface area contributed by atoms with Crippen molar-refractivity contribution < 1.29 is 18.8 Å². The fourth-order valence-electron chi connectivity index (χ4n) is 4.89. The molecule has 2 aliphatic carbocycles. The molecule has 0 bridgehead atoms. The summed E-state index contributed by atoms with van der Waals surface area (Å²) >= 11 is 0. The molecule has 1 aromatic heterocycles. The summed E-state index contributed by atoms with van der Waals surface area (Å²) in [5.41, 5.74) is 3.49. The molecule has 0 spiro atoms. The van der Waals surface area contributed by atoms with Crippen LogP contribution >= 0.6 is 0 Å². The molecular weight excluding hydrogens is 464 g/mol. The summed E-state index contributed by atoms with van der Waals surface area (Å²) in [6.07, 6.45) is 6.45. The zero-order valence-corrected chi connectivity index (χ0v) is 19.8. The summed E-state index contributed by atoms with van der Waals surface area (Å²) in [6.45, 7) is 0. The lowest BCUT2D eigenvalue weighted by molar-refractivity contribution is -0.115. The highest BCUT2D eigenvalue weighted by Gasteiger charge is 2.43. The molecule has 3 aromatic rings. The molecule has 1 fully saturated rings. The van der Waals surface area contributed by atoms with Crippen molar-refractivity contribution in [2.45, 2.75) is 57.5 Å². The van der Waals surface area contributed by atoms with Gasteiger partial charge in [0.2, 0.25) is 0 Å². The van der Waals surface area contributed by atoms with Gasteiger partial charge in [-0.1, -0.05) is 30.3 Å². The van der Waals surface area contributed by atoms with Gasteiger partial charge in [0.05, 0.1) is 5.52 Å². The highest BCUT2D eigenvalue weighted by Crippen LogP contribution is 2.52. The third-order valence-electron chi connectivity index (χ3n) is 7.33. The van der Waals surface area contributed by atoms with Crippen LogP contribution in [-0.4, -0.2) is 26.9 Å². The van der Waals surface area contributed by atoms with Crippen LogP contribution in [0.1, 0.15) is 50.5 Å². The molecular formula is C28H27F2N3O3. The first-order valence-electron chi connectivity index (χ1n) is 12.2. The van der Waals surface area contributed by atoms with Crippen molar-refractivity contribution in [1.29, 1.82) is 0 Å². The van der Waals surface area contributed by atoms with Crippen LogP contribution < -0.4 is 0 Å². The number of ketones is 1. The highest BCUT2D eigenvalue weighted by atomic mass is 19.1. The number of halogens is 2. The van der Waals surface area contributed by atoms with Crippen LogP contribution in [0.25, 0.3) is 22.4 Å². The lowest BCUT2D eigenvalue weighted by Crippen LogP contribution is -2.10. The third-order valence-corrected chi connectivity index (χ3v) is 7.33. The first kappa shape index (κ1) is 24.0. The van der Waals surface area contributed by atoms with E-state index in [9.17, 15) is 23.7 Å². The average molecular weight is 492 g/mol. The topological polar surface area (TPSA) is 84.5 Å². The molecule has 1 N–H and O–H groups in total. The molecule has 1 atom stereocenters. The van der Waals surface area contributed by atoms with Gasteiger partial charge in [0.1, 0.15) is 23.2 Å². The second kappa shape index (κ2) is 9.76. The number of alkyl halides is 1. The van der Waals surface area contributed by atoms with Gasteiger partial charge in [0.15, 0.2) is 11.6 Å². The van der Waals surface area contributed by atoms with Gasteiger partial charge in [-0.2, -0.15) is 4.73 Å². The van der Waals surface area contributed by atoms with Crippen molar-refractivity contribution in [2.75, 3.05) is 0 Å². The molecule has 0 saturated heterocycles. The number of benzene rings is 2. The fraction of sp³-hybridized carbons (Fsp3) is 0.357. The van der Waals surface area contributed by atoms with Crippen LogP contribution in [0, 0.1) is 10.3 Å². The third kappa shape index (κ3) is 5.12. The first-order chi connectivity index (χ1) is 17.4. The minimum absolute atomic E-state index is 0.00692. The molecule has 1 unspecified atom stereocenters. The maximum absolute atomic E-state index is 13.9. The maximum Gasteiger partial charge on any atom is 0.176 e. The van der Waals surface area contributed by atoms with Gasteiger partial charge < -0.3 is 5.21 Å². The van der Waals surface area contributed by atoms with Crippen molar-refractivity contribution in [1.82, 2.24) is 9.71 Å². The fourth-order valence-corrected chi connectivity index (χ4v) is 4.89. The summed E-state index contributed by atoms with van der Waals surface area (Å²) in [5.74, 6) is -0.0793.